The topological polar surface area (TPSA) is 46.2 Å². The fourth-order valence-electron chi connectivity index (χ4n) is 1.92. The molecular formula is C15H16FNO2S. The summed E-state index contributed by atoms with van der Waals surface area (Å²) in [6.45, 7) is 5.31. The smallest absolute Gasteiger partial charge is 0.261 e. The lowest BCUT2D eigenvalue weighted by atomic mass is 10.1. The van der Waals surface area contributed by atoms with Crippen LogP contribution in [0.3, 0.4) is 0 Å². The number of halogens is 1. The van der Waals surface area contributed by atoms with Crippen molar-refractivity contribution in [2.45, 2.75) is 25.7 Å². The molecule has 0 unspecified atom stereocenters. The zero-order valence-corrected chi connectivity index (χ0v) is 12.4. The van der Waals surface area contributed by atoms with Crippen LogP contribution in [0.4, 0.5) is 10.1 Å². The van der Waals surface area contributed by atoms with Crippen molar-refractivity contribution >= 4 is 15.7 Å². The van der Waals surface area contributed by atoms with Gasteiger partial charge in [-0.3, -0.25) is 4.72 Å². The fraction of sp³-hybridized carbons (Fsp3) is 0.200. The number of nitrogens with one attached hydrogen (secondary N) is 1. The molecule has 0 atom stereocenters. The van der Waals surface area contributed by atoms with Crippen LogP contribution in [0.1, 0.15) is 16.7 Å². The molecule has 106 valence electrons. The lowest BCUT2D eigenvalue weighted by Gasteiger charge is -2.11. The highest BCUT2D eigenvalue weighted by molar-refractivity contribution is 7.92. The molecule has 0 radical (unpaired) electrons. The number of hydrogen-bond donors (Lipinski definition) is 1. The van der Waals surface area contributed by atoms with Gasteiger partial charge in [0.15, 0.2) is 0 Å². The molecule has 3 nitrogen and oxygen atoms in total. The molecule has 0 heterocycles. The highest BCUT2D eigenvalue weighted by Crippen LogP contribution is 2.21. The predicted molar refractivity (Wildman–Crippen MR) is 77.9 cm³/mol. The van der Waals surface area contributed by atoms with E-state index in [9.17, 15) is 12.8 Å². The van der Waals surface area contributed by atoms with Crippen molar-refractivity contribution in [3.8, 4) is 0 Å². The van der Waals surface area contributed by atoms with Crippen LogP contribution in [-0.4, -0.2) is 8.42 Å². The molecule has 0 saturated heterocycles. The van der Waals surface area contributed by atoms with E-state index < -0.39 is 15.8 Å². The standard InChI is InChI=1S/C15H16FNO2S/c1-10-4-7-15(12(3)8-10)17-20(18,19)13-5-6-14(16)11(2)9-13/h4-9,17H,1-3H3. The van der Waals surface area contributed by atoms with E-state index in [2.05, 4.69) is 4.72 Å². The third-order valence-electron chi connectivity index (χ3n) is 3.07. The first-order valence-corrected chi connectivity index (χ1v) is 7.64. The van der Waals surface area contributed by atoms with Crippen molar-refractivity contribution in [1.82, 2.24) is 0 Å². The van der Waals surface area contributed by atoms with Gasteiger partial charge in [0.1, 0.15) is 5.82 Å². The van der Waals surface area contributed by atoms with E-state index in [-0.39, 0.29) is 4.90 Å². The lowest BCUT2D eigenvalue weighted by Crippen LogP contribution is -2.14. The molecule has 0 fully saturated rings. The number of benzene rings is 2. The van der Waals surface area contributed by atoms with Crippen LogP contribution in [0.25, 0.3) is 0 Å². The molecule has 1 N–H and O–H groups in total. The molecule has 2 aromatic carbocycles. The summed E-state index contributed by atoms with van der Waals surface area (Å²) in [5, 5.41) is 0. The van der Waals surface area contributed by atoms with Crippen LogP contribution in [0.2, 0.25) is 0 Å². The summed E-state index contributed by atoms with van der Waals surface area (Å²) in [6, 6.07) is 9.19. The van der Waals surface area contributed by atoms with Gasteiger partial charge in [0.05, 0.1) is 10.6 Å². The molecule has 5 heteroatoms. The Labute approximate surface area is 118 Å². The van der Waals surface area contributed by atoms with Crippen molar-refractivity contribution in [3.05, 3.63) is 58.9 Å². The molecule has 0 aromatic heterocycles. The minimum absolute atomic E-state index is 0.0522. The maximum absolute atomic E-state index is 13.2. The SMILES string of the molecule is Cc1ccc(NS(=O)(=O)c2ccc(F)c(C)c2)c(C)c1. The summed E-state index contributed by atoms with van der Waals surface area (Å²) < 4.78 is 40.3. The highest BCUT2D eigenvalue weighted by atomic mass is 32.2. The van der Waals surface area contributed by atoms with Crippen molar-refractivity contribution in [2.75, 3.05) is 4.72 Å². The van der Waals surface area contributed by atoms with Gasteiger partial charge in [0.25, 0.3) is 10.0 Å². The van der Waals surface area contributed by atoms with E-state index in [1.165, 1.54) is 19.1 Å². The Kier molecular flexibility index (Phi) is 3.81. The van der Waals surface area contributed by atoms with Crippen LogP contribution in [0.15, 0.2) is 41.3 Å². The largest absolute Gasteiger partial charge is 0.279 e. The van der Waals surface area contributed by atoms with E-state index in [4.69, 9.17) is 0 Å². The van der Waals surface area contributed by atoms with Gasteiger partial charge in [-0.2, -0.15) is 0 Å². The van der Waals surface area contributed by atoms with Crippen LogP contribution >= 0.6 is 0 Å². The first kappa shape index (κ1) is 14.5. The Balaban J connectivity index is 2.38. The Morgan fingerprint density at radius 2 is 1.65 bits per heavy atom. The van der Waals surface area contributed by atoms with Crippen molar-refractivity contribution < 1.29 is 12.8 Å². The number of rotatable bonds is 3. The first-order valence-electron chi connectivity index (χ1n) is 6.16. The molecule has 2 aromatic rings. The second-order valence-electron chi connectivity index (χ2n) is 4.83. The number of sulfonamides is 1. The Morgan fingerprint density at radius 3 is 2.25 bits per heavy atom. The molecule has 0 spiro atoms. The lowest BCUT2D eigenvalue weighted by molar-refractivity contribution is 0.598. The quantitative estimate of drug-likeness (QED) is 0.940. The Morgan fingerprint density at radius 1 is 0.950 bits per heavy atom. The van der Waals surface area contributed by atoms with Crippen molar-refractivity contribution in [1.29, 1.82) is 0 Å². The fourth-order valence-corrected chi connectivity index (χ4v) is 3.13. The minimum atomic E-state index is -3.70. The van der Waals surface area contributed by atoms with Crippen LogP contribution < -0.4 is 4.72 Å². The molecule has 2 rings (SSSR count). The molecule has 20 heavy (non-hydrogen) atoms. The maximum atomic E-state index is 13.2. The average Bonchev–Trinajstić information content (AvgIpc) is 2.36. The van der Waals surface area contributed by atoms with Gasteiger partial charge < -0.3 is 0 Å². The van der Waals surface area contributed by atoms with Crippen molar-refractivity contribution in [2.24, 2.45) is 0 Å². The molecule has 0 aliphatic heterocycles. The predicted octanol–water partition coefficient (Wildman–Crippen LogP) is 3.55. The molecule has 0 amide bonds. The summed E-state index contributed by atoms with van der Waals surface area (Å²) in [6.07, 6.45) is 0. The van der Waals surface area contributed by atoms with E-state index in [0.717, 1.165) is 17.2 Å². The summed E-state index contributed by atoms with van der Waals surface area (Å²) in [7, 11) is -3.70. The zero-order valence-electron chi connectivity index (χ0n) is 11.6. The summed E-state index contributed by atoms with van der Waals surface area (Å²) in [5.41, 5.74) is 2.72. The monoisotopic (exact) mass is 293 g/mol. The third kappa shape index (κ3) is 2.99. The maximum Gasteiger partial charge on any atom is 0.261 e. The van der Waals surface area contributed by atoms with Gasteiger partial charge in [-0.1, -0.05) is 17.7 Å². The summed E-state index contributed by atoms with van der Waals surface area (Å²) >= 11 is 0. The number of hydrogen-bond acceptors (Lipinski definition) is 2. The normalized spacial score (nSPS) is 11.4. The van der Waals surface area contributed by atoms with E-state index in [1.54, 1.807) is 6.07 Å². The van der Waals surface area contributed by atoms with Gasteiger partial charge in [-0.05, 0) is 56.2 Å². The average molecular weight is 293 g/mol. The summed E-state index contributed by atoms with van der Waals surface area (Å²) in [5.74, 6) is -0.421. The van der Waals surface area contributed by atoms with E-state index in [0.29, 0.717) is 11.3 Å². The van der Waals surface area contributed by atoms with Gasteiger partial charge in [-0.25, -0.2) is 12.8 Å². The molecule has 0 aliphatic carbocycles. The van der Waals surface area contributed by atoms with Crippen molar-refractivity contribution in [3.63, 3.8) is 0 Å². The molecule has 0 bridgehead atoms. The van der Waals surface area contributed by atoms with E-state index in [1.807, 2.05) is 26.0 Å². The first-order chi connectivity index (χ1) is 9.29. The number of aryl methyl sites for hydroxylation is 3. The summed E-state index contributed by atoms with van der Waals surface area (Å²) in [4.78, 5) is 0.0522. The van der Waals surface area contributed by atoms with Gasteiger partial charge >= 0.3 is 0 Å². The second-order valence-corrected chi connectivity index (χ2v) is 6.52. The molecular weight excluding hydrogens is 277 g/mol. The Bertz CT molecular complexity index is 754. The van der Waals surface area contributed by atoms with Gasteiger partial charge in [0.2, 0.25) is 0 Å². The Hall–Kier alpha value is -1.88. The molecule has 0 saturated carbocycles. The second kappa shape index (κ2) is 5.25. The number of anilines is 1. The van der Waals surface area contributed by atoms with E-state index >= 15 is 0 Å². The molecule has 0 aliphatic rings. The van der Waals surface area contributed by atoms with Crippen LogP contribution in [0, 0.1) is 26.6 Å². The zero-order chi connectivity index (χ0) is 14.9. The minimum Gasteiger partial charge on any atom is -0.279 e. The van der Waals surface area contributed by atoms with Crippen LogP contribution in [-0.2, 0) is 10.0 Å². The van der Waals surface area contributed by atoms with Gasteiger partial charge in [0, 0.05) is 0 Å². The van der Waals surface area contributed by atoms with Gasteiger partial charge in [-0.15, -0.1) is 0 Å². The van der Waals surface area contributed by atoms with Crippen LogP contribution in [0.5, 0.6) is 0 Å². The third-order valence-corrected chi connectivity index (χ3v) is 4.43. The highest BCUT2D eigenvalue weighted by Gasteiger charge is 2.16.